The van der Waals surface area contributed by atoms with E-state index in [9.17, 15) is 9.59 Å². The molecule has 0 aliphatic heterocycles. The molecular weight excluding hydrogens is 196 g/mol. The van der Waals surface area contributed by atoms with E-state index in [1.165, 1.54) is 13.8 Å². The Morgan fingerprint density at radius 1 is 1.00 bits per heavy atom. The Kier molecular flexibility index (Phi) is 3.44. The second kappa shape index (κ2) is 4.59. The van der Waals surface area contributed by atoms with Crippen LogP contribution in [0.3, 0.4) is 0 Å². The van der Waals surface area contributed by atoms with Crippen LogP contribution in [-0.2, 0) is 9.59 Å². The summed E-state index contributed by atoms with van der Waals surface area (Å²) in [6, 6.07) is 5.00. The summed E-state index contributed by atoms with van der Waals surface area (Å²) in [5.41, 5.74) is 0.919. The quantitative estimate of drug-likeness (QED) is 0.549. The normalized spacial score (nSPS) is 9.53. The number of benzene rings is 1. The third kappa shape index (κ3) is 3.42. The predicted molar refractivity (Wildman–Crippen MR) is 53.8 cm³/mol. The van der Waals surface area contributed by atoms with Gasteiger partial charge in [-0.3, -0.25) is 9.59 Å². The minimum absolute atomic E-state index is 0.253. The van der Waals surface area contributed by atoms with Gasteiger partial charge in [0.25, 0.3) is 0 Å². The van der Waals surface area contributed by atoms with E-state index < -0.39 is 11.9 Å². The van der Waals surface area contributed by atoms with Gasteiger partial charge in [0.15, 0.2) is 11.5 Å². The maximum Gasteiger partial charge on any atom is 0.308 e. The van der Waals surface area contributed by atoms with Crippen molar-refractivity contribution in [3.8, 4) is 11.5 Å². The Morgan fingerprint density at radius 3 is 2.07 bits per heavy atom. The van der Waals surface area contributed by atoms with E-state index in [1.807, 2.05) is 6.92 Å². The lowest BCUT2D eigenvalue weighted by Crippen LogP contribution is -2.07. The zero-order chi connectivity index (χ0) is 11.4. The van der Waals surface area contributed by atoms with E-state index in [2.05, 4.69) is 0 Å². The molecule has 0 N–H and O–H groups in total. The Labute approximate surface area is 87.8 Å². The van der Waals surface area contributed by atoms with Crippen molar-refractivity contribution in [2.24, 2.45) is 0 Å². The topological polar surface area (TPSA) is 52.6 Å². The third-order valence-electron chi connectivity index (χ3n) is 1.61. The molecule has 0 aromatic heterocycles. The highest BCUT2D eigenvalue weighted by atomic mass is 16.6. The maximum absolute atomic E-state index is 10.8. The van der Waals surface area contributed by atoms with E-state index in [0.29, 0.717) is 0 Å². The average molecular weight is 208 g/mol. The van der Waals surface area contributed by atoms with Crippen LogP contribution in [0.5, 0.6) is 11.5 Å². The van der Waals surface area contributed by atoms with Crippen molar-refractivity contribution in [1.82, 2.24) is 0 Å². The van der Waals surface area contributed by atoms with Gasteiger partial charge >= 0.3 is 11.9 Å². The van der Waals surface area contributed by atoms with E-state index in [4.69, 9.17) is 9.47 Å². The van der Waals surface area contributed by atoms with Crippen molar-refractivity contribution < 1.29 is 19.1 Å². The molecule has 4 nitrogen and oxygen atoms in total. The molecule has 0 radical (unpaired) electrons. The largest absolute Gasteiger partial charge is 0.423 e. The van der Waals surface area contributed by atoms with Crippen LogP contribution < -0.4 is 9.47 Å². The summed E-state index contributed by atoms with van der Waals surface area (Å²) in [7, 11) is 0. The van der Waals surface area contributed by atoms with Crippen LogP contribution in [-0.4, -0.2) is 11.9 Å². The second-order valence-electron chi connectivity index (χ2n) is 3.14. The van der Waals surface area contributed by atoms with Gasteiger partial charge in [-0.25, -0.2) is 0 Å². The number of hydrogen-bond donors (Lipinski definition) is 0. The molecule has 0 aliphatic carbocycles. The van der Waals surface area contributed by atoms with Gasteiger partial charge in [0.2, 0.25) is 0 Å². The lowest BCUT2D eigenvalue weighted by molar-refractivity contribution is -0.134. The monoisotopic (exact) mass is 208 g/mol. The molecule has 1 rings (SSSR count). The lowest BCUT2D eigenvalue weighted by Gasteiger charge is -2.08. The fraction of sp³-hybridized carbons (Fsp3) is 0.273. The summed E-state index contributed by atoms with van der Waals surface area (Å²) < 4.78 is 9.80. The summed E-state index contributed by atoms with van der Waals surface area (Å²) in [6.07, 6.45) is 0. The minimum atomic E-state index is -0.452. The Bertz CT molecular complexity index is 396. The molecule has 0 atom stereocenters. The lowest BCUT2D eigenvalue weighted by atomic mass is 10.2. The fourth-order valence-corrected chi connectivity index (χ4v) is 1.09. The molecule has 0 heterocycles. The van der Waals surface area contributed by atoms with Crippen LogP contribution in [0.2, 0.25) is 0 Å². The zero-order valence-electron chi connectivity index (χ0n) is 8.87. The maximum atomic E-state index is 10.8. The number of ether oxygens (including phenoxy) is 2. The average Bonchev–Trinajstić information content (AvgIpc) is 2.08. The predicted octanol–water partition coefficient (Wildman–Crippen LogP) is 1.85. The first kappa shape index (κ1) is 11.2. The molecule has 0 saturated heterocycles. The molecule has 80 valence electrons. The second-order valence-corrected chi connectivity index (χ2v) is 3.14. The van der Waals surface area contributed by atoms with Crippen LogP contribution in [0.15, 0.2) is 18.2 Å². The van der Waals surface area contributed by atoms with Crippen molar-refractivity contribution >= 4 is 11.9 Å². The highest BCUT2D eigenvalue weighted by Gasteiger charge is 2.09. The number of carbonyl (C=O) groups is 2. The standard InChI is InChI=1S/C11H12O4/c1-7-4-5-10(14-8(2)12)11(6-7)15-9(3)13/h4-6H,1-3H3. The molecule has 0 spiro atoms. The molecule has 0 amide bonds. The van der Waals surface area contributed by atoms with Gasteiger partial charge in [0.05, 0.1) is 0 Å². The minimum Gasteiger partial charge on any atom is -0.423 e. The molecule has 0 aliphatic rings. The van der Waals surface area contributed by atoms with Gasteiger partial charge in [-0.1, -0.05) is 6.07 Å². The third-order valence-corrected chi connectivity index (χ3v) is 1.61. The molecule has 0 bridgehead atoms. The number of aryl methyl sites for hydroxylation is 1. The van der Waals surface area contributed by atoms with Crippen LogP contribution in [0.1, 0.15) is 19.4 Å². The summed E-state index contributed by atoms with van der Waals surface area (Å²) in [4.78, 5) is 21.6. The molecule has 1 aromatic carbocycles. The van der Waals surface area contributed by atoms with Crippen LogP contribution in [0, 0.1) is 6.92 Å². The van der Waals surface area contributed by atoms with Crippen LogP contribution in [0.4, 0.5) is 0 Å². The van der Waals surface area contributed by atoms with Crippen molar-refractivity contribution in [3.05, 3.63) is 23.8 Å². The van der Waals surface area contributed by atoms with E-state index in [0.717, 1.165) is 5.56 Å². The van der Waals surface area contributed by atoms with Gasteiger partial charge in [0.1, 0.15) is 0 Å². The highest BCUT2D eigenvalue weighted by Crippen LogP contribution is 2.28. The Morgan fingerprint density at radius 2 is 1.53 bits per heavy atom. The van der Waals surface area contributed by atoms with E-state index >= 15 is 0 Å². The zero-order valence-corrected chi connectivity index (χ0v) is 8.87. The summed E-state index contributed by atoms with van der Waals surface area (Å²) in [5.74, 6) is -0.387. The molecule has 0 saturated carbocycles. The van der Waals surface area contributed by atoms with Gasteiger partial charge in [-0.2, -0.15) is 0 Å². The molecule has 1 aromatic rings. The first-order chi connectivity index (χ1) is 6.99. The van der Waals surface area contributed by atoms with Gasteiger partial charge in [0, 0.05) is 13.8 Å². The van der Waals surface area contributed by atoms with E-state index in [-0.39, 0.29) is 11.5 Å². The van der Waals surface area contributed by atoms with Crippen LogP contribution >= 0.6 is 0 Å². The van der Waals surface area contributed by atoms with Crippen molar-refractivity contribution in [2.45, 2.75) is 20.8 Å². The first-order valence-corrected chi connectivity index (χ1v) is 4.46. The fourth-order valence-electron chi connectivity index (χ4n) is 1.09. The number of esters is 2. The smallest absolute Gasteiger partial charge is 0.308 e. The SMILES string of the molecule is CC(=O)Oc1ccc(C)cc1OC(C)=O. The molecular formula is C11H12O4. The van der Waals surface area contributed by atoms with Crippen LogP contribution in [0.25, 0.3) is 0 Å². The van der Waals surface area contributed by atoms with Gasteiger partial charge in [-0.15, -0.1) is 0 Å². The molecule has 15 heavy (non-hydrogen) atoms. The number of carbonyl (C=O) groups excluding carboxylic acids is 2. The first-order valence-electron chi connectivity index (χ1n) is 4.46. The number of rotatable bonds is 2. The molecule has 0 fully saturated rings. The summed E-state index contributed by atoms with van der Waals surface area (Å²) in [5, 5.41) is 0. The summed E-state index contributed by atoms with van der Waals surface area (Å²) >= 11 is 0. The van der Waals surface area contributed by atoms with Gasteiger partial charge in [-0.05, 0) is 24.6 Å². The molecule has 0 unspecified atom stereocenters. The highest BCUT2D eigenvalue weighted by molar-refractivity contribution is 5.73. The molecule has 4 heteroatoms. The Balaban J connectivity index is 3.02. The van der Waals surface area contributed by atoms with Crippen molar-refractivity contribution in [3.63, 3.8) is 0 Å². The summed E-state index contributed by atoms with van der Waals surface area (Å²) in [6.45, 7) is 4.43. The number of hydrogen-bond acceptors (Lipinski definition) is 4. The van der Waals surface area contributed by atoms with Crippen molar-refractivity contribution in [2.75, 3.05) is 0 Å². The van der Waals surface area contributed by atoms with E-state index in [1.54, 1.807) is 18.2 Å². The van der Waals surface area contributed by atoms with Crippen molar-refractivity contribution in [1.29, 1.82) is 0 Å². The Hall–Kier alpha value is -1.84. The van der Waals surface area contributed by atoms with Gasteiger partial charge < -0.3 is 9.47 Å².